The van der Waals surface area contributed by atoms with Crippen molar-refractivity contribution in [1.29, 1.82) is 0 Å². The van der Waals surface area contributed by atoms with E-state index in [2.05, 4.69) is 20.3 Å². The molecule has 3 rings (SSSR count). The number of hydrogen-bond donors (Lipinski definition) is 3. The first-order valence-corrected chi connectivity index (χ1v) is 9.19. The molecule has 0 saturated carbocycles. The number of anilines is 2. The van der Waals surface area contributed by atoms with Crippen molar-refractivity contribution in [3.05, 3.63) is 18.1 Å². The van der Waals surface area contributed by atoms with Crippen LogP contribution in [-0.4, -0.2) is 43.5 Å². The number of aromatic nitrogens is 3. The first-order chi connectivity index (χ1) is 13.7. The van der Waals surface area contributed by atoms with Gasteiger partial charge in [-0.2, -0.15) is 4.98 Å². The maximum absolute atomic E-state index is 13.5. The number of nitrogens with one attached hydrogen (secondary N) is 1. The molecule has 0 bridgehead atoms. The van der Waals surface area contributed by atoms with E-state index >= 15 is 0 Å². The molecule has 1 atom stereocenters. The predicted octanol–water partition coefficient (Wildman–Crippen LogP) is 1.63. The average molecular weight is 407 g/mol. The lowest BCUT2D eigenvalue weighted by molar-refractivity contribution is -0.346. The maximum atomic E-state index is 13.5. The minimum Gasteiger partial charge on any atom is -0.396 e. The summed E-state index contributed by atoms with van der Waals surface area (Å²) in [5.41, 5.74) is 4.53. The Morgan fingerprint density at radius 1 is 1.31 bits per heavy atom. The lowest BCUT2D eigenvalue weighted by Gasteiger charge is -2.42. The Morgan fingerprint density at radius 2 is 1.97 bits per heavy atom. The van der Waals surface area contributed by atoms with Crippen molar-refractivity contribution in [1.82, 2.24) is 15.0 Å². The molecule has 11 heteroatoms. The van der Waals surface area contributed by atoms with Crippen LogP contribution in [0.1, 0.15) is 46.0 Å². The topological polar surface area (TPSA) is 150 Å². The fourth-order valence-electron chi connectivity index (χ4n) is 3.05. The van der Waals surface area contributed by atoms with Gasteiger partial charge in [-0.25, -0.2) is 14.4 Å². The standard InChI is InChI=1S/C18H22FN5O5/c1-3-4-7-17(2,18(27)28-12(25)5-6-13(26)29-18)24-15-14-11(22-16(20)23-15)8-10(19)9-21-14/h8-9,27H,3-7H2,1-2H3,(H3,20,22,23,24)/t17-/m1/s1. The number of nitrogens with two attached hydrogens (primary N) is 1. The van der Waals surface area contributed by atoms with Gasteiger partial charge in [0, 0.05) is 6.07 Å². The van der Waals surface area contributed by atoms with Crippen molar-refractivity contribution in [3.63, 3.8) is 0 Å². The Morgan fingerprint density at radius 3 is 2.59 bits per heavy atom. The number of carbonyl (C=O) groups excluding carboxylic acids is 2. The maximum Gasteiger partial charge on any atom is 0.397 e. The zero-order valence-corrected chi connectivity index (χ0v) is 16.1. The molecule has 156 valence electrons. The molecule has 1 aliphatic heterocycles. The third kappa shape index (κ3) is 4.19. The summed E-state index contributed by atoms with van der Waals surface area (Å²) < 4.78 is 23.8. The molecule has 1 fully saturated rings. The molecule has 1 aliphatic rings. The lowest BCUT2D eigenvalue weighted by Crippen LogP contribution is -2.61. The first-order valence-electron chi connectivity index (χ1n) is 9.19. The van der Waals surface area contributed by atoms with Crippen molar-refractivity contribution in [2.24, 2.45) is 0 Å². The number of hydrogen-bond acceptors (Lipinski definition) is 10. The van der Waals surface area contributed by atoms with E-state index in [0.717, 1.165) is 18.7 Å². The molecule has 10 nitrogen and oxygen atoms in total. The molecule has 2 aromatic rings. The second-order valence-corrected chi connectivity index (χ2v) is 7.04. The average Bonchev–Trinajstić information content (AvgIpc) is 2.77. The van der Waals surface area contributed by atoms with E-state index in [1.807, 2.05) is 6.92 Å². The van der Waals surface area contributed by atoms with E-state index in [1.54, 1.807) is 0 Å². The predicted molar refractivity (Wildman–Crippen MR) is 99.6 cm³/mol. The molecule has 0 unspecified atom stereocenters. The summed E-state index contributed by atoms with van der Waals surface area (Å²) in [6, 6.07) is 1.13. The van der Waals surface area contributed by atoms with Gasteiger partial charge in [-0.1, -0.05) is 19.8 Å². The van der Waals surface area contributed by atoms with Crippen LogP contribution in [0.3, 0.4) is 0 Å². The summed E-state index contributed by atoms with van der Waals surface area (Å²) in [5.74, 6) is -4.87. The Bertz CT molecular complexity index is 932. The van der Waals surface area contributed by atoms with Crippen LogP contribution < -0.4 is 11.1 Å². The number of nitrogen functional groups attached to an aromatic ring is 1. The van der Waals surface area contributed by atoms with Crippen LogP contribution in [0.2, 0.25) is 0 Å². The molecule has 2 aromatic heterocycles. The summed E-state index contributed by atoms with van der Waals surface area (Å²) in [5, 5.41) is 14.0. The molecular formula is C18H22FN5O5. The van der Waals surface area contributed by atoms with Crippen LogP contribution in [0.4, 0.5) is 16.2 Å². The Kier molecular flexibility index (Phi) is 5.51. The van der Waals surface area contributed by atoms with Crippen LogP contribution in [0.25, 0.3) is 11.0 Å². The molecule has 4 N–H and O–H groups in total. The lowest BCUT2D eigenvalue weighted by atomic mass is 9.91. The van der Waals surface area contributed by atoms with Crippen LogP contribution in [-0.2, 0) is 19.1 Å². The number of esters is 2. The highest BCUT2D eigenvalue weighted by Gasteiger charge is 2.56. The van der Waals surface area contributed by atoms with Gasteiger partial charge in [0.25, 0.3) is 0 Å². The van der Waals surface area contributed by atoms with Gasteiger partial charge in [0.2, 0.25) is 5.95 Å². The number of fused-ring (bicyclic) bond motifs is 1. The molecule has 0 radical (unpaired) electrons. The molecule has 0 aliphatic carbocycles. The SMILES string of the molecule is CCCC[C@@](C)(Nc1nc(N)nc2cc(F)cnc12)C1(O)OC(=O)CCC(=O)O1. The highest BCUT2D eigenvalue weighted by molar-refractivity contribution is 5.86. The number of nitrogens with zero attached hydrogens (tertiary/aromatic N) is 3. The first kappa shape index (κ1) is 20.6. The van der Waals surface area contributed by atoms with Crippen molar-refractivity contribution >= 4 is 34.7 Å². The Hall–Kier alpha value is -3.08. The number of cyclic esters (lactones) is 2. The van der Waals surface area contributed by atoms with E-state index in [4.69, 9.17) is 15.2 Å². The quantitative estimate of drug-likeness (QED) is 0.603. The fraction of sp³-hybridized carbons (Fsp3) is 0.500. The molecule has 1 saturated heterocycles. The minimum atomic E-state index is -2.60. The summed E-state index contributed by atoms with van der Waals surface area (Å²) in [7, 11) is 0. The van der Waals surface area contributed by atoms with Crippen molar-refractivity contribution < 1.29 is 28.6 Å². The van der Waals surface area contributed by atoms with Gasteiger partial charge in [0.1, 0.15) is 16.9 Å². The monoisotopic (exact) mass is 407 g/mol. The second kappa shape index (κ2) is 7.74. The summed E-state index contributed by atoms with van der Waals surface area (Å²) in [4.78, 5) is 36.0. The smallest absolute Gasteiger partial charge is 0.396 e. The molecule has 3 heterocycles. The molecule has 0 spiro atoms. The van der Waals surface area contributed by atoms with E-state index in [9.17, 15) is 19.1 Å². The van der Waals surface area contributed by atoms with E-state index < -0.39 is 29.3 Å². The highest BCUT2D eigenvalue weighted by Crippen LogP contribution is 2.37. The summed E-state index contributed by atoms with van der Waals surface area (Å²) >= 11 is 0. The van der Waals surface area contributed by atoms with Crippen molar-refractivity contribution in [3.8, 4) is 0 Å². The fourth-order valence-corrected chi connectivity index (χ4v) is 3.05. The van der Waals surface area contributed by atoms with Gasteiger partial charge in [-0.05, 0) is 13.3 Å². The normalized spacial score (nSPS) is 18.5. The highest BCUT2D eigenvalue weighted by atomic mass is 19.1. The van der Waals surface area contributed by atoms with Gasteiger partial charge in [-0.15, -0.1) is 0 Å². The van der Waals surface area contributed by atoms with E-state index in [1.165, 1.54) is 6.92 Å². The number of aliphatic hydroxyl groups is 1. The van der Waals surface area contributed by atoms with Crippen LogP contribution in [0.5, 0.6) is 0 Å². The summed E-state index contributed by atoms with van der Waals surface area (Å²) in [6.07, 6.45) is 2.11. The van der Waals surface area contributed by atoms with E-state index in [0.29, 0.717) is 6.42 Å². The second-order valence-electron chi connectivity index (χ2n) is 7.04. The molecular weight excluding hydrogens is 385 g/mol. The largest absolute Gasteiger partial charge is 0.397 e. The van der Waals surface area contributed by atoms with Crippen LogP contribution in [0.15, 0.2) is 12.3 Å². The van der Waals surface area contributed by atoms with Gasteiger partial charge in [0.05, 0.1) is 24.6 Å². The van der Waals surface area contributed by atoms with Gasteiger partial charge in [0.15, 0.2) is 5.82 Å². The third-order valence-electron chi connectivity index (χ3n) is 4.68. The number of unbranched alkanes of at least 4 members (excludes halogenated alkanes) is 1. The van der Waals surface area contributed by atoms with Crippen LogP contribution >= 0.6 is 0 Å². The van der Waals surface area contributed by atoms with Crippen molar-refractivity contribution in [2.75, 3.05) is 11.1 Å². The Balaban J connectivity index is 2.08. The number of carbonyl (C=O) groups is 2. The Labute approximate surface area is 165 Å². The van der Waals surface area contributed by atoms with Gasteiger partial charge >= 0.3 is 17.9 Å². The zero-order chi connectivity index (χ0) is 21.2. The third-order valence-corrected chi connectivity index (χ3v) is 4.68. The number of ether oxygens (including phenoxy) is 2. The number of pyridine rings is 1. The minimum absolute atomic E-state index is 0.0656. The molecule has 29 heavy (non-hydrogen) atoms. The van der Waals surface area contributed by atoms with Crippen LogP contribution in [0, 0.1) is 5.82 Å². The van der Waals surface area contributed by atoms with Gasteiger partial charge in [-0.3, -0.25) is 9.59 Å². The zero-order valence-electron chi connectivity index (χ0n) is 16.1. The van der Waals surface area contributed by atoms with E-state index in [-0.39, 0.29) is 42.1 Å². The van der Waals surface area contributed by atoms with Gasteiger partial charge < -0.3 is 25.6 Å². The van der Waals surface area contributed by atoms with Crippen molar-refractivity contribution in [2.45, 2.75) is 57.5 Å². The number of halogens is 1. The number of rotatable bonds is 6. The summed E-state index contributed by atoms with van der Waals surface area (Å²) in [6.45, 7) is 3.44. The molecule has 0 aromatic carbocycles. The molecule has 0 amide bonds.